The van der Waals surface area contributed by atoms with Gasteiger partial charge in [0.1, 0.15) is 0 Å². The summed E-state index contributed by atoms with van der Waals surface area (Å²) < 4.78 is 0. The largest absolute Gasteiger partial charge is 0.383 e. The summed E-state index contributed by atoms with van der Waals surface area (Å²) in [6.07, 6.45) is 5.95. The zero-order valence-corrected chi connectivity index (χ0v) is 20.4. The number of benzene rings is 2. The van der Waals surface area contributed by atoms with E-state index < -0.39 is 0 Å². The van der Waals surface area contributed by atoms with Gasteiger partial charge >= 0.3 is 0 Å². The van der Waals surface area contributed by atoms with Crippen LogP contribution in [0.4, 0.5) is 11.4 Å². The van der Waals surface area contributed by atoms with Gasteiger partial charge in [0.2, 0.25) is 0 Å². The minimum Gasteiger partial charge on any atom is -0.383 e. The van der Waals surface area contributed by atoms with E-state index >= 15 is 0 Å². The van der Waals surface area contributed by atoms with E-state index in [1.807, 2.05) is 36.7 Å². The number of aromatic nitrogens is 2. The fourth-order valence-corrected chi connectivity index (χ4v) is 4.32. The normalized spacial score (nSPS) is 12.4. The Bertz CT molecular complexity index is 1230. The van der Waals surface area contributed by atoms with Gasteiger partial charge in [-0.3, -0.25) is 9.97 Å². The lowest BCUT2D eigenvalue weighted by Gasteiger charge is -2.20. The van der Waals surface area contributed by atoms with Crippen molar-refractivity contribution in [3.63, 3.8) is 0 Å². The Kier molecular flexibility index (Phi) is 7.63. The highest BCUT2D eigenvalue weighted by molar-refractivity contribution is 6.31. The summed E-state index contributed by atoms with van der Waals surface area (Å²) in [5.41, 5.74) is 5.46. The van der Waals surface area contributed by atoms with Gasteiger partial charge in [-0.15, -0.1) is 0 Å². The average Bonchev–Trinajstić information content (AvgIpc) is 2.79. The van der Waals surface area contributed by atoms with Crippen LogP contribution in [0.5, 0.6) is 0 Å². The molecule has 2 aromatic heterocycles. The zero-order valence-electron chi connectivity index (χ0n) is 19.6. The third-order valence-electron chi connectivity index (χ3n) is 5.99. The summed E-state index contributed by atoms with van der Waals surface area (Å²) in [7, 11) is 2.19. The van der Waals surface area contributed by atoms with Gasteiger partial charge in [0.15, 0.2) is 0 Å². The summed E-state index contributed by atoms with van der Waals surface area (Å²) in [5.74, 6) is 0. The summed E-state index contributed by atoms with van der Waals surface area (Å²) in [5, 5.41) is 10.2. The van der Waals surface area contributed by atoms with Crippen molar-refractivity contribution in [3.05, 3.63) is 71.5 Å². The SMILES string of the molecule is Cc1ccc2c(NCCN(C)CCC[C@H](C)Nc3ccnc4cc(Cl)ccc34)ccnc2c1. The maximum absolute atomic E-state index is 6.10. The molecule has 0 bridgehead atoms. The molecule has 4 aromatic rings. The number of aryl methyl sites for hydroxylation is 1. The van der Waals surface area contributed by atoms with E-state index in [-0.39, 0.29) is 0 Å². The zero-order chi connectivity index (χ0) is 23.2. The van der Waals surface area contributed by atoms with Crippen LogP contribution in [0.2, 0.25) is 5.02 Å². The molecule has 0 amide bonds. The number of nitrogens with zero attached hydrogens (tertiary/aromatic N) is 3. The van der Waals surface area contributed by atoms with Gasteiger partial charge in [0.05, 0.1) is 11.0 Å². The van der Waals surface area contributed by atoms with Crippen molar-refractivity contribution in [2.45, 2.75) is 32.7 Å². The minimum atomic E-state index is 0.379. The molecular formula is C27H32ClN5. The first-order chi connectivity index (χ1) is 16.0. The summed E-state index contributed by atoms with van der Waals surface area (Å²) in [6, 6.07) is 16.8. The molecule has 2 aromatic carbocycles. The van der Waals surface area contributed by atoms with E-state index in [4.69, 9.17) is 11.6 Å². The van der Waals surface area contributed by atoms with Gasteiger partial charge in [-0.2, -0.15) is 0 Å². The number of anilines is 2. The Hall–Kier alpha value is -2.89. The van der Waals surface area contributed by atoms with Crippen LogP contribution in [0.3, 0.4) is 0 Å². The van der Waals surface area contributed by atoms with Crippen LogP contribution in [0.1, 0.15) is 25.3 Å². The first kappa shape index (κ1) is 23.3. The van der Waals surface area contributed by atoms with Crippen LogP contribution >= 0.6 is 11.6 Å². The molecule has 2 heterocycles. The number of fused-ring (bicyclic) bond motifs is 2. The van der Waals surface area contributed by atoms with Crippen molar-refractivity contribution in [1.29, 1.82) is 0 Å². The number of hydrogen-bond acceptors (Lipinski definition) is 5. The first-order valence-corrected chi connectivity index (χ1v) is 12.0. The molecule has 0 aliphatic heterocycles. The average molecular weight is 462 g/mol. The predicted octanol–water partition coefficient (Wildman–Crippen LogP) is 6.37. The summed E-state index contributed by atoms with van der Waals surface area (Å²) in [6.45, 7) is 7.30. The fraction of sp³-hybridized carbons (Fsp3) is 0.333. The van der Waals surface area contributed by atoms with Gasteiger partial charge < -0.3 is 15.5 Å². The van der Waals surface area contributed by atoms with Gasteiger partial charge in [-0.25, -0.2) is 0 Å². The fourth-order valence-electron chi connectivity index (χ4n) is 4.16. The topological polar surface area (TPSA) is 53.1 Å². The van der Waals surface area contributed by atoms with Crippen LogP contribution in [-0.2, 0) is 0 Å². The monoisotopic (exact) mass is 461 g/mol. The standard InChI is InChI=1S/C27H32ClN5/c1-19-6-8-22-24(10-12-29-26(22)17-19)31-14-16-33(3)15-4-5-20(2)32-25-11-13-30-27-18-21(28)7-9-23(25)27/h6-13,17-18,20H,4-5,14-16H2,1-3H3,(H,29,31)(H,30,32)/t20-/m0/s1. The Balaban J connectivity index is 1.21. The number of likely N-dealkylation sites (N-methyl/N-ethyl adjacent to an activating group) is 1. The highest BCUT2D eigenvalue weighted by Crippen LogP contribution is 2.25. The van der Waals surface area contributed by atoms with E-state index in [0.29, 0.717) is 11.1 Å². The number of rotatable bonds is 10. The smallest absolute Gasteiger partial charge is 0.0737 e. The molecule has 5 nitrogen and oxygen atoms in total. The second kappa shape index (κ2) is 10.8. The molecule has 172 valence electrons. The molecule has 0 saturated heterocycles. The van der Waals surface area contributed by atoms with Crippen molar-refractivity contribution in [1.82, 2.24) is 14.9 Å². The van der Waals surface area contributed by atoms with Crippen molar-refractivity contribution in [3.8, 4) is 0 Å². The van der Waals surface area contributed by atoms with Crippen LogP contribution in [-0.4, -0.2) is 47.6 Å². The molecule has 33 heavy (non-hydrogen) atoms. The van der Waals surface area contributed by atoms with Crippen LogP contribution in [0, 0.1) is 6.92 Å². The lowest BCUT2D eigenvalue weighted by Crippen LogP contribution is -2.27. The lowest BCUT2D eigenvalue weighted by molar-refractivity contribution is 0.335. The molecule has 0 fully saturated rings. The summed E-state index contributed by atoms with van der Waals surface area (Å²) >= 11 is 6.10. The van der Waals surface area contributed by atoms with Gasteiger partial charge in [0.25, 0.3) is 0 Å². The molecule has 6 heteroatoms. The number of hydrogen-bond donors (Lipinski definition) is 2. The van der Waals surface area contributed by atoms with E-state index in [9.17, 15) is 0 Å². The molecule has 1 atom stereocenters. The molecule has 0 saturated carbocycles. The summed E-state index contributed by atoms with van der Waals surface area (Å²) in [4.78, 5) is 11.3. The van der Waals surface area contributed by atoms with E-state index in [1.165, 1.54) is 10.9 Å². The van der Waals surface area contributed by atoms with Crippen molar-refractivity contribution >= 4 is 44.8 Å². The van der Waals surface area contributed by atoms with Crippen LogP contribution in [0.15, 0.2) is 60.9 Å². The molecular weight excluding hydrogens is 430 g/mol. The van der Waals surface area contributed by atoms with E-state index in [2.05, 4.69) is 70.7 Å². The number of pyridine rings is 2. The van der Waals surface area contributed by atoms with E-state index in [0.717, 1.165) is 60.3 Å². The second-order valence-electron chi connectivity index (χ2n) is 8.82. The van der Waals surface area contributed by atoms with Crippen LogP contribution < -0.4 is 10.6 Å². The van der Waals surface area contributed by atoms with Gasteiger partial charge in [0, 0.05) is 58.7 Å². The van der Waals surface area contributed by atoms with Crippen molar-refractivity contribution in [2.24, 2.45) is 0 Å². The molecule has 0 aliphatic rings. The number of halogens is 1. The van der Waals surface area contributed by atoms with Crippen LogP contribution in [0.25, 0.3) is 21.8 Å². The maximum Gasteiger partial charge on any atom is 0.0737 e. The predicted molar refractivity (Wildman–Crippen MR) is 142 cm³/mol. The van der Waals surface area contributed by atoms with Gasteiger partial charge in [-0.05, 0) is 82.2 Å². The Morgan fingerprint density at radius 3 is 2.42 bits per heavy atom. The third kappa shape index (κ3) is 6.12. The molecule has 0 unspecified atom stereocenters. The molecule has 0 spiro atoms. The van der Waals surface area contributed by atoms with Crippen molar-refractivity contribution in [2.75, 3.05) is 37.3 Å². The second-order valence-corrected chi connectivity index (χ2v) is 9.25. The first-order valence-electron chi connectivity index (χ1n) is 11.6. The van der Waals surface area contributed by atoms with E-state index in [1.54, 1.807) is 0 Å². The minimum absolute atomic E-state index is 0.379. The van der Waals surface area contributed by atoms with Gasteiger partial charge in [-0.1, -0.05) is 23.7 Å². The molecule has 0 aliphatic carbocycles. The molecule has 0 radical (unpaired) electrons. The lowest BCUT2D eigenvalue weighted by atomic mass is 10.1. The Morgan fingerprint density at radius 1 is 0.909 bits per heavy atom. The highest BCUT2D eigenvalue weighted by Gasteiger charge is 2.08. The third-order valence-corrected chi connectivity index (χ3v) is 6.23. The number of nitrogens with one attached hydrogen (secondary N) is 2. The quantitative estimate of drug-likeness (QED) is 0.287. The maximum atomic E-state index is 6.10. The van der Waals surface area contributed by atoms with Crippen molar-refractivity contribution < 1.29 is 0 Å². The highest BCUT2D eigenvalue weighted by atomic mass is 35.5. The molecule has 2 N–H and O–H groups in total. The molecule has 4 rings (SSSR count). The Morgan fingerprint density at radius 2 is 1.61 bits per heavy atom. The Labute approximate surface area is 201 Å².